The van der Waals surface area contributed by atoms with E-state index in [2.05, 4.69) is 27.6 Å². The molecule has 0 bridgehead atoms. The third-order valence-corrected chi connectivity index (χ3v) is 6.92. The molecule has 152 valence electrons. The second kappa shape index (κ2) is 8.51. The molecule has 0 radical (unpaired) electrons. The van der Waals surface area contributed by atoms with Crippen molar-refractivity contribution in [2.75, 3.05) is 25.9 Å². The molecular formula is C21H22IN3O3S. The summed E-state index contributed by atoms with van der Waals surface area (Å²) in [5, 5.41) is 0.744. The SMILES string of the molecule is CSc1ncccc1C(=O)N1CCC2(CC1)CN(Cc1ccc(I)cc1)C(=O)O2. The molecule has 8 heteroatoms. The Balaban J connectivity index is 1.39. The molecule has 2 aromatic rings. The van der Waals surface area contributed by atoms with Crippen LogP contribution in [0, 0.1) is 3.57 Å². The quantitative estimate of drug-likeness (QED) is 0.448. The first-order valence-corrected chi connectivity index (χ1v) is 11.8. The van der Waals surface area contributed by atoms with E-state index in [4.69, 9.17) is 4.74 Å². The number of ether oxygens (including phenoxy) is 1. The number of hydrogen-bond donors (Lipinski definition) is 0. The molecule has 29 heavy (non-hydrogen) atoms. The van der Waals surface area contributed by atoms with Crippen molar-refractivity contribution < 1.29 is 14.3 Å². The summed E-state index contributed by atoms with van der Waals surface area (Å²) in [4.78, 5) is 33.3. The molecule has 0 unspecified atom stereocenters. The Morgan fingerprint density at radius 2 is 1.97 bits per heavy atom. The summed E-state index contributed by atoms with van der Waals surface area (Å²) in [6.45, 7) is 2.27. The summed E-state index contributed by atoms with van der Waals surface area (Å²) in [6.07, 6.45) is 4.67. The first-order valence-electron chi connectivity index (χ1n) is 9.50. The number of hydrogen-bond acceptors (Lipinski definition) is 5. The highest BCUT2D eigenvalue weighted by Crippen LogP contribution is 2.34. The number of thioether (sulfide) groups is 1. The minimum absolute atomic E-state index is 0.00244. The van der Waals surface area contributed by atoms with Gasteiger partial charge in [0.1, 0.15) is 10.6 Å². The minimum atomic E-state index is -0.492. The Bertz CT molecular complexity index is 914. The number of likely N-dealkylation sites (tertiary alicyclic amines) is 1. The molecule has 0 aliphatic carbocycles. The van der Waals surface area contributed by atoms with Crippen molar-refractivity contribution in [3.8, 4) is 0 Å². The minimum Gasteiger partial charge on any atom is -0.441 e. The van der Waals surface area contributed by atoms with Crippen LogP contribution >= 0.6 is 34.4 Å². The molecule has 3 heterocycles. The van der Waals surface area contributed by atoms with Gasteiger partial charge >= 0.3 is 6.09 Å². The van der Waals surface area contributed by atoms with Crippen molar-refractivity contribution in [3.63, 3.8) is 0 Å². The van der Waals surface area contributed by atoms with Gasteiger partial charge in [-0.2, -0.15) is 0 Å². The lowest BCUT2D eigenvalue weighted by molar-refractivity contribution is 0.00301. The average molecular weight is 523 g/mol. The highest BCUT2D eigenvalue weighted by Gasteiger charge is 2.47. The number of nitrogens with zero attached hydrogens (tertiary/aromatic N) is 3. The number of benzene rings is 1. The topological polar surface area (TPSA) is 62.7 Å². The number of aromatic nitrogens is 1. The van der Waals surface area contributed by atoms with Crippen molar-refractivity contribution in [2.24, 2.45) is 0 Å². The maximum absolute atomic E-state index is 12.9. The second-order valence-corrected chi connectivity index (χ2v) is 9.43. The third-order valence-electron chi connectivity index (χ3n) is 5.48. The number of carbonyl (C=O) groups excluding carboxylic acids is 2. The normalized spacial score (nSPS) is 18.2. The summed E-state index contributed by atoms with van der Waals surface area (Å²) in [7, 11) is 0. The maximum Gasteiger partial charge on any atom is 0.410 e. The fourth-order valence-electron chi connectivity index (χ4n) is 3.89. The first kappa shape index (κ1) is 20.5. The predicted octanol–water partition coefficient (Wildman–Crippen LogP) is 4.04. The van der Waals surface area contributed by atoms with Gasteiger partial charge in [0.05, 0.1) is 12.1 Å². The summed E-state index contributed by atoms with van der Waals surface area (Å²) in [5.74, 6) is -0.00244. The standard InChI is InChI=1S/C21H22IN3O3S/c1-29-18-17(3-2-10-23-18)19(26)24-11-8-21(9-12-24)14-25(20(27)28-21)13-15-4-6-16(22)7-5-15/h2-7,10H,8-9,11-14H2,1H3. The molecule has 0 saturated carbocycles. The monoisotopic (exact) mass is 523 g/mol. The van der Waals surface area contributed by atoms with Gasteiger partial charge in [-0.05, 0) is 58.7 Å². The van der Waals surface area contributed by atoms with Gasteiger partial charge in [-0.15, -0.1) is 11.8 Å². The van der Waals surface area contributed by atoms with Crippen LogP contribution in [0.15, 0.2) is 47.6 Å². The van der Waals surface area contributed by atoms with Crippen LogP contribution < -0.4 is 0 Å². The van der Waals surface area contributed by atoms with Gasteiger partial charge in [0.25, 0.3) is 5.91 Å². The maximum atomic E-state index is 12.9. The van der Waals surface area contributed by atoms with Gasteiger partial charge in [-0.25, -0.2) is 9.78 Å². The van der Waals surface area contributed by atoms with E-state index in [1.165, 1.54) is 15.3 Å². The van der Waals surface area contributed by atoms with Crippen LogP contribution in [0.2, 0.25) is 0 Å². The van der Waals surface area contributed by atoms with Crippen LogP contribution in [-0.2, 0) is 11.3 Å². The molecule has 6 nitrogen and oxygen atoms in total. The molecule has 2 fully saturated rings. The number of carbonyl (C=O) groups is 2. The fraction of sp³-hybridized carbons (Fsp3) is 0.381. The van der Waals surface area contributed by atoms with Crippen LogP contribution in [0.3, 0.4) is 0 Å². The van der Waals surface area contributed by atoms with Crippen LogP contribution in [0.4, 0.5) is 4.79 Å². The molecule has 2 amide bonds. The van der Waals surface area contributed by atoms with Crippen LogP contribution in [0.1, 0.15) is 28.8 Å². The Hall–Kier alpha value is -1.81. The summed E-state index contributed by atoms with van der Waals surface area (Å²) >= 11 is 3.74. The van der Waals surface area contributed by atoms with E-state index in [1.807, 2.05) is 41.5 Å². The van der Waals surface area contributed by atoms with Gasteiger partial charge in [-0.1, -0.05) is 12.1 Å². The van der Waals surface area contributed by atoms with Crippen LogP contribution in [-0.4, -0.2) is 58.3 Å². The highest BCUT2D eigenvalue weighted by molar-refractivity contribution is 14.1. The summed E-state index contributed by atoms with van der Waals surface area (Å²) in [5.41, 5.74) is 1.24. The van der Waals surface area contributed by atoms with Gasteiger partial charge in [-0.3, -0.25) is 9.69 Å². The number of piperidine rings is 1. The molecule has 2 saturated heterocycles. The zero-order valence-electron chi connectivity index (χ0n) is 16.1. The van der Waals surface area contributed by atoms with E-state index in [1.54, 1.807) is 17.2 Å². The fourth-order valence-corrected chi connectivity index (χ4v) is 4.79. The Morgan fingerprint density at radius 3 is 2.66 bits per heavy atom. The highest BCUT2D eigenvalue weighted by atomic mass is 127. The smallest absolute Gasteiger partial charge is 0.410 e. The largest absolute Gasteiger partial charge is 0.441 e. The van der Waals surface area contributed by atoms with E-state index in [-0.39, 0.29) is 12.0 Å². The van der Waals surface area contributed by atoms with Gasteiger partial charge in [0, 0.05) is 42.2 Å². The van der Waals surface area contributed by atoms with Gasteiger partial charge in [0.2, 0.25) is 0 Å². The lowest BCUT2D eigenvalue weighted by atomic mass is 9.91. The molecule has 2 aliphatic heterocycles. The molecule has 0 atom stereocenters. The molecule has 1 aromatic carbocycles. The van der Waals surface area contributed by atoms with Crippen LogP contribution in [0.5, 0.6) is 0 Å². The number of pyridine rings is 1. The average Bonchev–Trinajstić information content (AvgIpc) is 3.04. The van der Waals surface area contributed by atoms with Crippen molar-refractivity contribution in [1.82, 2.24) is 14.8 Å². The zero-order valence-corrected chi connectivity index (χ0v) is 19.1. The number of rotatable bonds is 4. The zero-order chi connectivity index (χ0) is 20.4. The Kier molecular flexibility index (Phi) is 6.00. The number of amides is 2. The molecule has 1 aromatic heterocycles. The van der Waals surface area contributed by atoms with E-state index in [0.29, 0.717) is 44.6 Å². The summed E-state index contributed by atoms with van der Waals surface area (Å²) < 4.78 is 6.98. The van der Waals surface area contributed by atoms with Gasteiger partial charge < -0.3 is 9.64 Å². The lowest BCUT2D eigenvalue weighted by Gasteiger charge is -2.37. The molecule has 2 aliphatic rings. The van der Waals surface area contributed by atoms with E-state index in [9.17, 15) is 9.59 Å². The second-order valence-electron chi connectivity index (χ2n) is 7.39. The molecule has 0 N–H and O–H groups in total. The molecule has 1 spiro atoms. The van der Waals surface area contributed by atoms with Gasteiger partial charge in [0.15, 0.2) is 0 Å². The van der Waals surface area contributed by atoms with E-state index < -0.39 is 5.60 Å². The number of halogens is 1. The van der Waals surface area contributed by atoms with Crippen LogP contribution in [0.25, 0.3) is 0 Å². The van der Waals surface area contributed by atoms with E-state index in [0.717, 1.165) is 10.6 Å². The van der Waals surface area contributed by atoms with Crippen molar-refractivity contribution >= 4 is 46.4 Å². The lowest BCUT2D eigenvalue weighted by Crippen LogP contribution is -2.48. The predicted molar refractivity (Wildman–Crippen MR) is 120 cm³/mol. The van der Waals surface area contributed by atoms with Crippen molar-refractivity contribution in [3.05, 3.63) is 57.3 Å². The third kappa shape index (κ3) is 4.37. The first-order chi connectivity index (χ1) is 14.0. The van der Waals surface area contributed by atoms with Crippen molar-refractivity contribution in [1.29, 1.82) is 0 Å². The molecular weight excluding hydrogens is 501 g/mol. The Morgan fingerprint density at radius 1 is 1.24 bits per heavy atom. The van der Waals surface area contributed by atoms with Crippen molar-refractivity contribution in [2.45, 2.75) is 30.0 Å². The Labute approximate surface area is 188 Å². The molecule has 4 rings (SSSR count). The van der Waals surface area contributed by atoms with E-state index >= 15 is 0 Å². The summed E-state index contributed by atoms with van der Waals surface area (Å²) in [6, 6.07) is 11.8.